The van der Waals surface area contributed by atoms with E-state index in [2.05, 4.69) is 10.6 Å². The van der Waals surface area contributed by atoms with Crippen LogP contribution in [0.5, 0.6) is 0 Å². The van der Waals surface area contributed by atoms with Crippen molar-refractivity contribution in [3.63, 3.8) is 0 Å². The van der Waals surface area contributed by atoms with Crippen LogP contribution < -0.4 is 10.6 Å². The molecule has 0 bridgehead atoms. The van der Waals surface area contributed by atoms with Gasteiger partial charge in [0.2, 0.25) is 0 Å². The van der Waals surface area contributed by atoms with Gasteiger partial charge in [-0.25, -0.2) is 13.6 Å². The standard InChI is InChI=1S/C15H13ClF2N2O2/c16-11-7-9(5-6-13(11)18)20-15(22)19-8-14(21)10-3-1-2-4-12(10)17/h1-7,14,21H,8H2,(H2,19,20,22). The first-order chi connectivity index (χ1) is 10.5. The summed E-state index contributed by atoms with van der Waals surface area (Å²) in [6.45, 7) is -0.179. The summed E-state index contributed by atoms with van der Waals surface area (Å²) < 4.78 is 26.4. The number of anilines is 1. The number of nitrogens with one attached hydrogen (secondary N) is 2. The molecule has 2 aromatic carbocycles. The number of halogens is 3. The van der Waals surface area contributed by atoms with Crippen LogP contribution in [0.4, 0.5) is 19.3 Å². The molecule has 22 heavy (non-hydrogen) atoms. The van der Waals surface area contributed by atoms with Gasteiger partial charge in [0.05, 0.1) is 11.1 Å². The summed E-state index contributed by atoms with van der Waals surface area (Å²) in [4.78, 5) is 11.7. The van der Waals surface area contributed by atoms with E-state index in [1.165, 1.54) is 30.3 Å². The number of carbonyl (C=O) groups is 1. The Bertz CT molecular complexity index is 682. The zero-order valence-electron chi connectivity index (χ0n) is 11.3. The van der Waals surface area contributed by atoms with E-state index in [9.17, 15) is 18.7 Å². The minimum Gasteiger partial charge on any atom is -0.386 e. The topological polar surface area (TPSA) is 61.4 Å². The third-order valence-electron chi connectivity index (χ3n) is 2.90. The molecule has 0 aliphatic rings. The third kappa shape index (κ3) is 4.16. The smallest absolute Gasteiger partial charge is 0.319 e. The van der Waals surface area contributed by atoms with Crippen molar-refractivity contribution in [1.82, 2.24) is 5.32 Å². The number of amides is 2. The van der Waals surface area contributed by atoms with Crippen LogP contribution in [0, 0.1) is 11.6 Å². The summed E-state index contributed by atoms with van der Waals surface area (Å²) in [6, 6.07) is 8.83. The van der Waals surface area contributed by atoms with E-state index in [0.717, 1.165) is 6.07 Å². The lowest BCUT2D eigenvalue weighted by Crippen LogP contribution is -2.32. The second kappa shape index (κ2) is 7.20. The van der Waals surface area contributed by atoms with Gasteiger partial charge in [-0.15, -0.1) is 0 Å². The zero-order valence-corrected chi connectivity index (χ0v) is 12.1. The Balaban J connectivity index is 1.90. The van der Waals surface area contributed by atoms with Gasteiger partial charge < -0.3 is 15.7 Å². The maximum absolute atomic E-state index is 13.5. The van der Waals surface area contributed by atoms with Crippen molar-refractivity contribution in [2.45, 2.75) is 6.10 Å². The van der Waals surface area contributed by atoms with Gasteiger partial charge in [-0.2, -0.15) is 0 Å². The molecule has 0 radical (unpaired) electrons. The van der Waals surface area contributed by atoms with Crippen LogP contribution in [0.3, 0.4) is 0 Å². The number of aliphatic hydroxyl groups is 1. The van der Waals surface area contributed by atoms with E-state index < -0.39 is 23.8 Å². The fraction of sp³-hybridized carbons (Fsp3) is 0.133. The molecule has 1 unspecified atom stereocenters. The minimum absolute atomic E-state index is 0.0904. The molecule has 0 saturated carbocycles. The monoisotopic (exact) mass is 326 g/mol. The first-order valence-corrected chi connectivity index (χ1v) is 6.77. The lowest BCUT2D eigenvalue weighted by molar-refractivity contribution is 0.170. The van der Waals surface area contributed by atoms with Gasteiger partial charge in [-0.1, -0.05) is 29.8 Å². The maximum atomic E-state index is 13.5. The molecule has 0 aliphatic heterocycles. The highest BCUT2D eigenvalue weighted by Crippen LogP contribution is 2.19. The summed E-state index contributed by atoms with van der Waals surface area (Å²) in [5.41, 5.74) is 0.386. The van der Waals surface area contributed by atoms with Crippen LogP contribution in [0.2, 0.25) is 5.02 Å². The van der Waals surface area contributed by atoms with Crippen molar-refractivity contribution in [1.29, 1.82) is 0 Å². The molecular formula is C15H13ClF2N2O2. The molecule has 0 aromatic heterocycles. The molecule has 3 N–H and O–H groups in total. The highest BCUT2D eigenvalue weighted by Gasteiger charge is 2.13. The number of carbonyl (C=O) groups excluding carboxylic acids is 1. The predicted molar refractivity (Wildman–Crippen MR) is 79.8 cm³/mol. The van der Waals surface area contributed by atoms with Gasteiger partial charge in [-0.05, 0) is 24.3 Å². The van der Waals surface area contributed by atoms with Gasteiger partial charge in [0.25, 0.3) is 0 Å². The molecule has 116 valence electrons. The Kier molecular flexibility index (Phi) is 5.30. The van der Waals surface area contributed by atoms with Crippen molar-refractivity contribution in [2.75, 3.05) is 11.9 Å². The van der Waals surface area contributed by atoms with Crippen LogP contribution in [-0.4, -0.2) is 17.7 Å². The zero-order chi connectivity index (χ0) is 16.1. The highest BCUT2D eigenvalue weighted by molar-refractivity contribution is 6.31. The average molecular weight is 327 g/mol. The first-order valence-electron chi connectivity index (χ1n) is 6.40. The van der Waals surface area contributed by atoms with Crippen molar-refractivity contribution < 1.29 is 18.7 Å². The Morgan fingerprint density at radius 1 is 1.18 bits per heavy atom. The fourth-order valence-electron chi connectivity index (χ4n) is 1.79. The molecule has 1 atom stereocenters. The van der Waals surface area contributed by atoms with Gasteiger partial charge in [0.15, 0.2) is 0 Å². The van der Waals surface area contributed by atoms with E-state index in [0.29, 0.717) is 5.69 Å². The predicted octanol–water partition coefficient (Wildman–Crippen LogP) is 3.47. The maximum Gasteiger partial charge on any atom is 0.319 e. The van der Waals surface area contributed by atoms with Gasteiger partial charge >= 0.3 is 6.03 Å². The van der Waals surface area contributed by atoms with Crippen molar-refractivity contribution >= 4 is 23.3 Å². The lowest BCUT2D eigenvalue weighted by Gasteiger charge is -2.13. The number of urea groups is 1. The molecule has 0 fully saturated rings. The summed E-state index contributed by atoms with van der Waals surface area (Å²) in [6.07, 6.45) is -1.18. The van der Waals surface area contributed by atoms with Gasteiger partial charge in [0.1, 0.15) is 11.6 Å². The van der Waals surface area contributed by atoms with Crippen LogP contribution >= 0.6 is 11.6 Å². The van der Waals surface area contributed by atoms with E-state index >= 15 is 0 Å². The second-order valence-electron chi connectivity index (χ2n) is 4.50. The van der Waals surface area contributed by atoms with E-state index in [1.807, 2.05) is 0 Å². The van der Waals surface area contributed by atoms with Crippen LogP contribution in [0.25, 0.3) is 0 Å². The fourth-order valence-corrected chi connectivity index (χ4v) is 1.97. The summed E-state index contributed by atoms with van der Waals surface area (Å²) in [7, 11) is 0. The Hall–Kier alpha value is -2.18. The SMILES string of the molecule is O=C(NCC(O)c1ccccc1F)Nc1ccc(F)c(Cl)c1. The number of hydrogen-bond acceptors (Lipinski definition) is 2. The Morgan fingerprint density at radius 2 is 1.91 bits per heavy atom. The first kappa shape index (κ1) is 16.2. The summed E-state index contributed by atoms with van der Waals surface area (Å²) in [5, 5.41) is 14.5. The number of hydrogen-bond donors (Lipinski definition) is 3. The molecule has 7 heteroatoms. The minimum atomic E-state index is -1.18. The normalized spacial score (nSPS) is 11.8. The number of benzene rings is 2. The molecule has 2 amide bonds. The molecule has 0 saturated heterocycles. The molecule has 0 heterocycles. The molecule has 2 rings (SSSR count). The third-order valence-corrected chi connectivity index (χ3v) is 3.19. The van der Waals surface area contributed by atoms with Crippen molar-refractivity contribution in [3.05, 3.63) is 64.7 Å². The highest BCUT2D eigenvalue weighted by atomic mass is 35.5. The summed E-state index contributed by atoms with van der Waals surface area (Å²) >= 11 is 5.59. The average Bonchev–Trinajstić information content (AvgIpc) is 2.49. The molecule has 2 aromatic rings. The molecule has 0 aliphatic carbocycles. The van der Waals surface area contributed by atoms with Gasteiger partial charge in [0, 0.05) is 17.8 Å². The Morgan fingerprint density at radius 3 is 2.59 bits per heavy atom. The van der Waals surface area contributed by atoms with E-state index in [1.54, 1.807) is 6.07 Å². The van der Waals surface area contributed by atoms with Crippen molar-refractivity contribution in [2.24, 2.45) is 0 Å². The quantitative estimate of drug-likeness (QED) is 0.805. The van der Waals surface area contributed by atoms with Crippen molar-refractivity contribution in [3.8, 4) is 0 Å². The Labute approximate surface area is 130 Å². The molecule has 4 nitrogen and oxygen atoms in total. The number of rotatable bonds is 4. The number of aliphatic hydroxyl groups excluding tert-OH is 1. The van der Waals surface area contributed by atoms with Crippen LogP contribution in [0.1, 0.15) is 11.7 Å². The lowest BCUT2D eigenvalue weighted by atomic mass is 10.1. The van der Waals surface area contributed by atoms with Crippen LogP contribution in [0.15, 0.2) is 42.5 Å². The summed E-state index contributed by atoms with van der Waals surface area (Å²) in [5.74, 6) is -1.15. The van der Waals surface area contributed by atoms with Crippen LogP contribution in [-0.2, 0) is 0 Å². The van der Waals surface area contributed by atoms with E-state index in [-0.39, 0.29) is 17.1 Å². The largest absolute Gasteiger partial charge is 0.386 e. The van der Waals surface area contributed by atoms with E-state index in [4.69, 9.17) is 11.6 Å². The van der Waals surface area contributed by atoms with Gasteiger partial charge in [-0.3, -0.25) is 0 Å². The molecule has 0 spiro atoms. The second-order valence-corrected chi connectivity index (χ2v) is 4.91. The molecular weight excluding hydrogens is 314 g/mol.